The van der Waals surface area contributed by atoms with Crippen molar-refractivity contribution in [2.45, 2.75) is 4.90 Å². The fraction of sp³-hybridized carbons (Fsp3) is 0.0909. The normalized spacial score (nSPS) is 11.1. The molecule has 0 unspecified atom stereocenters. The van der Waals surface area contributed by atoms with Gasteiger partial charge < -0.3 is 4.74 Å². The first-order chi connectivity index (χ1) is 13.5. The number of hydrogen-bond donors (Lipinski definition) is 0. The highest BCUT2D eigenvalue weighted by atomic mass is 35.5. The Morgan fingerprint density at radius 2 is 1.71 bits per heavy atom. The minimum Gasteiger partial charge on any atom is -0.495 e. The van der Waals surface area contributed by atoms with Crippen LogP contribution in [0.1, 0.15) is 0 Å². The monoisotopic (exact) mass is 413 g/mol. The highest BCUT2D eigenvalue weighted by molar-refractivity contribution is 7.92. The summed E-state index contributed by atoms with van der Waals surface area (Å²) in [5.41, 5.74) is 2.31. The summed E-state index contributed by atoms with van der Waals surface area (Å²) < 4.78 is 33.3. The number of nitrogens with zero attached hydrogens (tertiary/aromatic N) is 1. The van der Waals surface area contributed by atoms with Gasteiger partial charge in [0.15, 0.2) is 0 Å². The Kier molecular flexibility index (Phi) is 6.07. The number of para-hydroxylation sites is 1. The molecule has 0 spiro atoms. The summed E-state index contributed by atoms with van der Waals surface area (Å²) in [6.07, 6.45) is 1.56. The molecule has 0 bridgehead atoms. The van der Waals surface area contributed by atoms with Gasteiger partial charge in [-0.25, -0.2) is 8.42 Å². The van der Waals surface area contributed by atoms with Crippen LogP contribution in [-0.4, -0.2) is 22.1 Å². The number of halogens is 1. The van der Waals surface area contributed by atoms with E-state index in [2.05, 4.69) is 6.58 Å². The van der Waals surface area contributed by atoms with Gasteiger partial charge in [-0.3, -0.25) is 4.31 Å². The van der Waals surface area contributed by atoms with E-state index in [1.165, 1.54) is 23.5 Å². The molecule has 6 heteroatoms. The van der Waals surface area contributed by atoms with Crippen molar-refractivity contribution in [1.82, 2.24) is 0 Å². The minimum absolute atomic E-state index is 0.0861. The van der Waals surface area contributed by atoms with E-state index in [-0.39, 0.29) is 16.5 Å². The number of anilines is 1. The predicted molar refractivity (Wildman–Crippen MR) is 115 cm³/mol. The lowest BCUT2D eigenvalue weighted by Crippen LogP contribution is -2.31. The average Bonchev–Trinajstić information content (AvgIpc) is 2.72. The molecule has 0 aliphatic heterocycles. The Morgan fingerprint density at radius 3 is 2.36 bits per heavy atom. The predicted octanol–water partition coefficient (Wildman–Crippen LogP) is 5.40. The first-order valence-corrected chi connectivity index (χ1v) is 10.4. The number of ether oxygens (including phenoxy) is 1. The van der Waals surface area contributed by atoms with Crippen molar-refractivity contribution in [3.05, 3.63) is 90.5 Å². The molecular formula is C22H20ClNO3S. The molecule has 0 radical (unpaired) electrons. The third-order valence-electron chi connectivity index (χ3n) is 4.26. The van der Waals surface area contributed by atoms with Gasteiger partial charge in [0.2, 0.25) is 0 Å². The van der Waals surface area contributed by atoms with Gasteiger partial charge in [-0.15, -0.1) is 6.58 Å². The zero-order valence-electron chi connectivity index (χ0n) is 15.4. The van der Waals surface area contributed by atoms with Crippen LogP contribution in [0.4, 0.5) is 5.69 Å². The Balaban J connectivity index is 2.15. The molecule has 0 saturated carbocycles. The zero-order chi connectivity index (χ0) is 20.1. The van der Waals surface area contributed by atoms with E-state index in [1.807, 2.05) is 48.5 Å². The smallest absolute Gasteiger partial charge is 0.264 e. The van der Waals surface area contributed by atoms with Crippen LogP contribution < -0.4 is 9.04 Å². The average molecular weight is 414 g/mol. The standard InChI is InChI=1S/C22H20ClNO3S/c1-3-15-24(28(25,26)18-13-14-22(27-2)20(23)16-18)21-12-8-7-11-19(21)17-9-5-4-6-10-17/h3-14,16H,1,15H2,2H3. The van der Waals surface area contributed by atoms with E-state index >= 15 is 0 Å². The molecule has 3 aromatic rings. The summed E-state index contributed by atoms with van der Waals surface area (Å²) in [4.78, 5) is 0.0861. The number of methoxy groups -OCH3 is 1. The summed E-state index contributed by atoms with van der Waals surface area (Å²) in [7, 11) is -2.39. The van der Waals surface area contributed by atoms with Gasteiger partial charge in [0.05, 0.1) is 29.3 Å². The molecule has 28 heavy (non-hydrogen) atoms. The van der Waals surface area contributed by atoms with E-state index in [4.69, 9.17) is 16.3 Å². The molecule has 0 fully saturated rings. The summed E-state index contributed by atoms with van der Waals surface area (Å²) in [6, 6.07) is 21.5. The van der Waals surface area contributed by atoms with Gasteiger partial charge in [0.25, 0.3) is 10.0 Å². The Morgan fingerprint density at radius 1 is 1.04 bits per heavy atom. The first kappa shape index (κ1) is 20.0. The van der Waals surface area contributed by atoms with E-state index in [1.54, 1.807) is 18.2 Å². The molecule has 144 valence electrons. The van der Waals surface area contributed by atoms with E-state index < -0.39 is 10.0 Å². The second kappa shape index (κ2) is 8.50. The van der Waals surface area contributed by atoms with Crippen molar-refractivity contribution in [3.8, 4) is 16.9 Å². The molecule has 0 aliphatic carbocycles. The van der Waals surface area contributed by atoms with E-state index in [0.717, 1.165) is 11.1 Å². The van der Waals surface area contributed by atoms with Crippen molar-refractivity contribution in [1.29, 1.82) is 0 Å². The summed E-state index contributed by atoms with van der Waals surface area (Å²) >= 11 is 6.16. The van der Waals surface area contributed by atoms with Gasteiger partial charge in [-0.05, 0) is 29.8 Å². The van der Waals surface area contributed by atoms with Gasteiger partial charge in [0, 0.05) is 5.56 Å². The van der Waals surface area contributed by atoms with Gasteiger partial charge in [0.1, 0.15) is 5.75 Å². The Bertz CT molecular complexity index is 1080. The zero-order valence-corrected chi connectivity index (χ0v) is 17.0. The molecule has 0 N–H and O–H groups in total. The highest BCUT2D eigenvalue weighted by Gasteiger charge is 2.27. The second-order valence-electron chi connectivity index (χ2n) is 6.00. The molecule has 0 amide bonds. The van der Waals surface area contributed by atoms with Gasteiger partial charge in [-0.1, -0.05) is 66.2 Å². The van der Waals surface area contributed by atoms with Crippen molar-refractivity contribution < 1.29 is 13.2 Å². The SMILES string of the molecule is C=CCN(c1ccccc1-c1ccccc1)S(=O)(=O)c1ccc(OC)c(Cl)c1. The van der Waals surface area contributed by atoms with Crippen LogP contribution in [0.3, 0.4) is 0 Å². The van der Waals surface area contributed by atoms with Crippen molar-refractivity contribution in [3.63, 3.8) is 0 Å². The lowest BCUT2D eigenvalue weighted by Gasteiger charge is -2.26. The molecular weight excluding hydrogens is 394 g/mol. The van der Waals surface area contributed by atoms with Crippen molar-refractivity contribution in [2.75, 3.05) is 18.0 Å². The largest absolute Gasteiger partial charge is 0.495 e. The lowest BCUT2D eigenvalue weighted by atomic mass is 10.0. The lowest BCUT2D eigenvalue weighted by molar-refractivity contribution is 0.414. The van der Waals surface area contributed by atoms with Crippen LogP contribution in [0.25, 0.3) is 11.1 Å². The van der Waals surface area contributed by atoms with Gasteiger partial charge in [-0.2, -0.15) is 0 Å². The number of sulfonamides is 1. The van der Waals surface area contributed by atoms with Crippen LogP contribution >= 0.6 is 11.6 Å². The number of rotatable bonds is 7. The summed E-state index contributed by atoms with van der Waals surface area (Å²) in [6.45, 7) is 3.85. The molecule has 0 atom stereocenters. The second-order valence-corrected chi connectivity index (χ2v) is 8.27. The third kappa shape index (κ3) is 3.91. The van der Waals surface area contributed by atoms with Crippen molar-refractivity contribution >= 4 is 27.3 Å². The Labute approximate surface area is 170 Å². The van der Waals surface area contributed by atoms with Gasteiger partial charge >= 0.3 is 0 Å². The maximum absolute atomic E-state index is 13.4. The summed E-state index contributed by atoms with van der Waals surface area (Å²) in [5.74, 6) is 0.417. The fourth-order valence-electron chi connectivity index (χ4n) is 2.93. The molecule has 4 nitrogen and oxygen atoms in total. The molecule has 3 aromatic carbocycles. The maximum Gasteiger partial charge on any atom is 0.264 e. The molecule has 0 aliphatic rings. The Hall–Kier alpha value is -2.76. The molecule has 3 rings (SSSR count). The maximum atomic E-state index is 13.4. The van der Waals surface area contributed by atoms with Crippen LogP contribution in [0, 0.1) is 0 Å². The van der Waals surface area contributed by atoms with Crippen molar-refractivity contribution in [2.24, 2.45) is 0 Å². The first-order valence-electron chi connectivity index (χ1n) is 8.60. The number of hydrogen-bond acceptors (Lipinski definition) is 3. The van der Waals surface area contributed by atoms with E-state index in [9.17, 15) is 8.42 Å². The third-order valence-corrected chi connectivity index (χ3v) is 6.33. The number of benzene rings is 3. The van der Waals surface area contributed by atoms with E-state index in [0.29, 0.717) is 11.4 Å². The topological polar surface area (TPSA) is 46.6 Å². The molecule has 0 saturated heterocycles. The van der Waals surface area contributed by atoms with Crippen LogP contribution in [0.2, 0.25) is 5.02 Å². The van der Waals surface area contributed by atoms with Crippen LogP contribution in [0.15, 0.2) is 90.3 Å². The molecule has 0 aromatic heterocycles. The minimum atomic E-state index is -3.87. The van der Waals surface area contributed by atoms with Crippen LogP contribution in [-0.2, 0) is 10.0 Å². The fourth-order valence-corrected chi connectivity index (χ4v) is 4.73. The van der Waals surface area contributed by atoms with Crippen LogP contribution in [0.5, 0.6) is 5.75 Å². The highest BCUT2D eigenvalue weighted by Crippen LogP contribution is 2.35. The molecule has 0 heterocycles. The summed E-state index contributed by atoms with van der Waals surface area (Å²) in [5, 5.41) is 0.235. The quantitative estimate of drug-likeness (QED) is 0.487.